The Kier molecular flexibility index (Phi) is 4.14. The van der Waals surface area contributed by atoms with E-state index in [2.05, 4.69) is 0 Å². The van der Waals surface area contributed by atoms with Crippen LogP contribution in [0.4, 0.5) is 4.39 Å². The van der Waals surface area contributed by atoms with Crippen LogP contribution < -0.4 is 0 Å². The van der Waals surface area contributed by atoms with Gasteiger partial charge in [-0.1, -0.05) is 35.3 Å². The van der Waals surface area contributed by atoms with Gasteiger partial charge in [0.2, 0.25) is 0 Å². The molecule has 1 unspecified atom stereocenters. The molecular weight excluding hydrogens is 286 g/mol. The summed E-state index contributed by atoms with van der Waals surface area (Å²) >= 11 is 11.8. The Morgan fingerprint density at radius 3 is 2.37 bits per heavy atom. The first kappa shape index (κ1) is 14.3. The van der Waals surface area contributed by atoms with Crippen LogP contribution in [0.1, 0.15) is 18.1 Å². The van der Waals surface area contributed by atoms with Gasteiger partial charge >= 0.3 is 0 Å². The van der Waals surface area contributed by atoms with Crippen LogP contribution in [0.25, 0.3) is 0 Å². The molecule has 0 aliphatic carbocycles. The zero-order chi connectivity index (χ0) is 14.0. The molecule has 0 saturated heterocycles. The van der Waals surface area contributed by atoms with Crippen molar-refractivity contribution in [2.75, 3.05) is 0 Å². The van der Waals surface area contributed by atoms with E-state index in [9.17, 15) is 9.50 Å². The molecule has 0 fully saturated rings. The maximum atomic E-state index is 13.2. The molecule has 1 nitrogen and oxygen atoms in total. The van der Waals surface area contributed by atoms with Crippen LogP contribution in [0.2, 0.25) is 10.0 Å². The van der Waals surface area contributed by atoms with Gasteiger partial charge in [0.05, 0.1) is 5.60 Å². The fourth-order valence-electron chi connectivity index (χ4n) is 1.96. The van der Waals surface area contributed by atoms with Gasteiger partial charge in [0.25, 0.3) is 0 Å². The quantitative estimate of drug-likeness (QED) is 0.879. The largest absolute Gasteiger partial charge is 0.385 e. The maximum absolute atomic E-state index is 13.2. The minimum absolute atomic E-state index is 0.227. The normalized spacial score (nSPS) is 14.2. The van der Waals surface area contributed by atoms with Crippen LogP contribution in [0.15, 0.2) is 42.5 Å². The summed E-state index contributed by atoms with van der Waals surface area (Å²) in [5, 5.41) is 11.6. The lowest BCUT2D eigenvalue weighted by Crippen LogP contribution is -2.24. The molecule has 0 radical (unpaired) electrons. The Bertz CT molecular complexity index is 579. The summed E-state index contributed by atoms with van der Waals surface area (Å²) < 4.78 is 13.2. The van der Waals surface area contributed by atoms with Crippen LogP contribution in [-0.4, -0.2) is 5.11 Å². The molecule has 0 spiro atoms. The molecule has 1 atom stereocenters. The van der Waals surface area contributed by atoms with Crippen molar-refractivity contribution in [3.8, 4) is 0 Å². The van der Waals surface area contributed by atoms with Gasteiger partial charge < -0.3 is 5.11 Å². The third kappa shape index (κ3) is 3.47. The molecular formula is C15H13Cl2FO. The third-order valence-corrected chi connectivity index (χ3v) is 3.63. The van der Waals surface area contributed by atoms with Gasteiger partial charge in [0.15, 0.2) is 0 Å². The molecule has 0 bridgehead atoms. The van der Waals surface area contributed by atoms with E-state index in [1.165, 1.54) is 18.2 Å². The summed E-state index contributed by atoms with van der Waals surface area (Å²) in [6.07, 6.45) is 0.227. The van der Waals surface area contributed by atoms with E-state index < -0.39 is 5.60 Å². The second kappa shape index (κ2) is 5.49. The number of aliphatic hydroxyl groups is 1. The summed E-state index contributed by atoms with van der Waals surface area (Å²) in [5.41, 5.74) is 0.140. The zero-order valence-corrected chi connectivity index (χ0v) is 11.8. The van der Waals surface area contributed by atoms with Crippen LogP contribution in [-0.2, 0) is 12.0 Å². The molecule has 0 saturated carbocycles. The highest BCUT2D eigenvalue weighted by molar-refractivity contribution is 6.31. The summed E-state index contributed by atoms with van der Waals surface area (Å²) in [4.78, 5) is 0. The smallest absolute Gasteiger partial charge is 0.123 e. The first-order chi connectivity index (χ1) is 8.88. The minimum atomic E-state index is -1.14. The summed E-state index contributed by atoms with van der Waals surface area (Å²) in [5.74, 6) is -0.369. The zero-order valence-electron chi connectivity index (χ0n) is 10.3. The Labute approximate surface area is 121 Å². The molecule has 2 aromatic rings. The first-order valence-electron chi connectivity index (χ1n) is 5.81. The fourth-order valence-corrected chi connectivity index (χ4v) is 2.27. The molecule has 0 aliphatic heterocycles. The summed E-state index contributed by atoms with van der Waals surface area (Å²) in [6.45, 7) is 1.66. The predicted octanol–water partition coefficient (Wildman–Crippen LogP) is 4.58. The van der Waals surface area contributed by atoms with Gasteiger partial charge in [-0.2, -0.15) is 0 Å². The van der Waals surface area contributed by atoms with Crippen molar-refractivity contribution < 1.29 is 9.50 Å². The highest BCUT2D eigenvalue weighted by Crippen LogP contribution is 2.29. The van der Waals surface area contributed by atoms with Crippen molar-refractivity contribution in [2.45, 2.75) is 18.9 Å². The van der Waals surface area contributed by atoms with E-state index in [4.69, 9.17) is 23.2 Å². The lowest BCUT2D eigenvalue weighted by Gasteiger charge is -2.24. The minimum Gasteiger partial charge on any atom is -0.385 e. The lowest BCUT2D eigenvalue weighted by atomic mass is 9.89. The Hall–Kier alpha value is -1.09. The van der Waals surface area contributed by atoms with Gasteiger partial charge in [-0.3, -0.25) is 0 Å². The standard InChI is InChI=1S/C15H13Cl2FO/c1-15(19,11-2-4-12(16)5-3-11)9-10-8-13(18)6-7-14(10)17/h2-8,19H,9H2,1H3. The van der Waals surface area contributed by atoms with Gasteiger partial charge in [-0.15, -0.1) is 0 Å². The molecule has 2 rings (SSSR count). The van der Waals surface area contributed by atoms with Crippen molar-refractivity contribution in [2.24, 2.45) is 0 Å². The molecule has 19 heavy (non-hydrogen) atoms. The van der Waals surface area contributed by atoms with Crippen LogP contribution in [0.5, 0.6) is 0 Å². The van der Waals surface area contributed by atoms with E-state index in [0.29, 0.717) is 21.2 Å². The number of benzene rings is 2. The van der Waals surface area contributed by atoms with Gasteiger partial charge in [0.1, 0.15) is 5.82 Å². The number of hydrogen-bond acceptors (Lipinski definition) is 1. The number of halogens is 3. The van der Waals surface area contributed by atoms with E-state index >= 15 is 0 Å². The predicted molar refractivity (Wildman–Crippen MR) is 76.1 cm³/mol. The molecule has 0 amide bonds. The molecule has 100 valence electrons. The molecule has 4 heteroatoms. The Morgan fingerprint density at radius 1 is 1.11 bits per heavy atom. The van der Waals surface area contributed by atoms with Gasteiger partial charge in [-0.25, -0.2) is 4.39 Å². The lowest BCUT2D eigenvalue weighted by molar-refractivity contribution is 0.0576. The van der Waals surface area contributed by atoms with E-state index in [-0.39, 0.29) is 12.2 Å². The van der Waals surface area contributed by atoms with E-state index in [1.54, 1.807) is 31.2 Å². The molecule has 0 aliphatic rings. The summed E-state index contributed by atoms with van der Waals surface area (Å²) in [7, 11) is 0. The SMILES string of the molecule is CC(O)(Cc1cc(F)ccc1Cl)c1ccc(Cl)cc1. The Balaban J connectivity index is 2.30. The number of rotatable bonds is 3. The number of hydrogen-bond donors (Lipinski definition) is 1. The molecule has 1 N–H and O–H groups in total. The molecule has 2 aromatic carbocycles. The average Bonchev–Trinajstić information content (AvgIpc) is 2.34. The Morgan fingerprint density at radius 2 is 1.74 bits per heavy atom. The molecule has 0 aromatic heterocycles. The van der Waals surface area contributed by atoms with Crippen molar-refractivity contribution in [3.05, 3.63) is 69.5 Å². The second-order valence-corrected chi connectivity index (χ2v) is 5.54. The molecule has 0 heterocycles. The maximum Gasteiger partial charge on any atom is 0.123 e. The van der Waals surface area contributed by atoms with Crippen molar-refractivity contribution >= 4 is 23.2 Å². The highest BCUT2D eigenvalue weighted by Gasteiger charge is 2.24. The van der Waals surface area contributed by atoms with Gasteiger partial charge in [0, 0.05) is 16.5 Å². The van der Waals surface area contributed by atoms with Crippen LogP contribution >= 0.6 is 23.2 Å². The third-order valence-electron chi connectivity index (χ3n) is 3.01. The van der Waals surface area contributed by atoms with Gasteiger partial charge in [-0.05, 0) is 48.4 Å². The van der Waals surface area contributed by atoms with Crippen molar-refractivity contribution in [1.82, 2.24) is 0 Å². The second-order valence-electron chi connectivity index (χ2n) is 4.69. The van der Waals surface area contributed by atoms with Crippen LogP contribution in [0.3, 0.4) is 0 Å². The first-order valence-corrected chi connectivity index (χ1v) is 6.56. The van der Waals surface area contributed by atoms with E-state index in [0.717, 1.165) is 0 Å². The van der Waals surface area contributed by atoms with E-state index in [1.807, 2.05) is 0 Å². The van der Waals surface area contributed by atoms with Crippen LogP contribution in [0, 0.1) is 5.82 Å². The topological polar surface area (TPSA) is 20.2 Å². The van der Waals surface area contributed by atoms with Crippen molar-refractivity contribution in [3.63, 3.8) is 0 Å². The fraction of sp³-hybridized carbons (Fsp3) is 0.200. The monoisotopic (exact) mass is 298 g/mol. The highest BCUT2D eigenvalue weighted by atomic mass is 35.5. The van der Waals surface area contributed by atoms with Crippen molar-refractivity contribution in [1.29, 1.82) is 0 Å². The average molecular weight is 299 g/mol. The summed E-state index contributed by atoms with van der Waals surface area (Å²) in [6, 6.07) is 11.0.